The van der Waals surface area contributed by atoms with E-state index in [0.29, 0.717) is 12.1 Å². The molecule has 2 aliphatic carbocycles. The van der Waals surface area contributed by atoms with Gasteiger partial charge in [-0.15, -0.1) is 0 Å². The predicted molar refractivity (Wildman–Crippen MR) is 87.6 cm³/mol. The van der Waals surface area contributed by atoms with Crippen molar-refractivity contribution >= 4 is 0 Å². The van der Waals surface area contributed by atoms with Crippen LogP contribution in [0.1, 0.15) is 64.0 Å². The molecule has 0 heterocycles. The highest BCUT2D eigenvalue weighted by Crippen LogP contribution is 2.41. The summed E-state index contributed by atoms with van der Waals surface area (Å²) in [6.07, 6.45) is 8.41. The van der Waals surface area contributed by atoms with Gasteiger partial charge in [0.15, 0.2) is 0 Å². The second-order valence-corrected chi connectivity index (χ2v) is 6.77. The minimum Gasteiger partial charge on any atom is -0.490 e. The molecule has 1 aromatic carbocycles. The van der Waals surface area contributed by atoms with Gasteiger partial charge in [0.25, 0.3) is 0 Å². The van der Waals surface area contributed by atoms with E-state index < -0.39 is 0 Å². The fourth-order valence-electron chi connectivity index (χ4n) is 3.72. The van der Waals surface area contributed by atoms with E-state index in [1.165, 1.54) is 44.1 Å². The van der Waals surface area contributed by atoms with Crippen LogP contribution in [-0.2, 0) is 0 Å². The van der Waals surface area contributed by atoms with Crippen LogP contribution in [0.5, 0.6) is 5.75 Å². The molecule has 2 nitrogen and oxygen atoms in total. The molecular formula is C19H29NO. The molecule has 1 N–H and O–H groups in total. The van der Waals surface area contributed by atoms with Gasteiger partial charge >= 0.3 is 0 Å². The molecule has 2 saturated carbocycles. The zero-order valence-electron chi connectivity index (χ0n) is 13.5. The minimum absolute atomic E-state index is 0.480. The molecule has 3 rings (SSSR count). The van der Waals surface area contributed by atoms with Gasteiger partial charge in [-0.3, -0.25) is 0 Å². The summed E-state index contributed by atoms with van der Waals surface area (Å²) in [4.78, 5) is 0. The van der Waals surface area contributed by atoms with Crippen LogP contribution in [0.15, 0.2) is 24.3 Å². The maximum absolute atomic E-state index is 5.97. The molecule has 0 aromatic heterocycles. The molecular weight excluding hydrogens is 258 g/mol. The SMILES string of the molecule is CCNC(c1cccc(OC2CC2)c1)C1CCC(CC)C1. The molecule has 2 heteroatoms. The lowest BCUT2D eigenvalue weighted by molar-refractivity contribution is 0.301. The summed E-state index contributed by atoms with van der Waals surface area (Å²) in [7, 11) is 0. The Bertz CT molecular complexity index is 455. The molecule has 0 radical (unpaired) electrons. The van der Waals surface area contributed by atoms with E-state index in [1.54, 1.807) is 0 Å². The zero-order chi connectivity index (χ0) is 14.7. The van der Waals surface area contributed by atoms with Crippen molar-refractivity contribution in [2.45, 2.75) is 64.5 Å². The minimum atomic E-state index is 0.480. The Hall–Kier alpha value is -1.02. The summed E-state index contributed by atoms with van der Waals surface area (Å²) in [5, 5.41) is 3.73. The molecule has 1 aromatic rings. The number of ether oxygens (including phenoxy) is 1. The van der Waals surface area contributed by atoms with E-state index in [2.05, 4.69) is 43.4 Å². The van der Waals surface area contributed by atoms with Gasteiger partial charge in [-0.25, -0.2) is 0 Å². The highest BCUT2D eigenvalue weighted by molar-refractivity contribution is 5.31. The first-order valence-electron chi connectivity index (χ1n) is 8.80. The summed E-state index contributed by atoms with van der Waals surface area (Å²) in [6.45, 7) is 5.58. The van der Waals surface area contributed by atoms with E-state index in [4.69, 9.17) is 4.74 Å². The van der Waals surface area contributed by atoms with Crippen LogP contribution < -0.4 is 10.1 Å². The van der Waals surface area contributed by atoms with Crippen LogP contribution in [0.25, 0.3) is 0 Å². The Morgan fingerprint density at radius 1 is 1.19 bits per heavy atom. The van der Waals surface area contributed by atoms with Crippen molar-refractivity contribution in [2.75, 3.05) is 6.54 Å². The third-order valence-electron chi connectivity index (χ3n) is 5.10. The van der Waals surface area contributed by atoms with Crippen molar-refractivity contribution in [2.24, 2.45) is 11.8 Å². The maximum atomic E-state index is 5.97. The van der Waals surface area contributed by atoms with Crippen LogP contribution in [0.2, 0.25) is 0 Å². The zero-order valence-corrected chi connectivity index (χ0v) is 13.5. The van der Waals surface area contributed by atoms with Crippen LogP contribution in [-0.4, -0.2) is 12.6 Å². The van der Waals surface area contributed by atoms with Crippen molar-refractivity contribution in [3.63, 3.8) is 0 Å². The summed E-state index contributed by atoms with van der Waals surface area (Å²) in [6, 6.07) is 9.30. The molecule has 0 spiro atoms. The normalized spacial score (nSPS) is 26.8. The first-order chi connectivity index (χ1) is 10.3. The number of benzene rings is 1. The van der Waals surface area contributed by atoms with E-state index in [1.807, 2.05) is 0 Å². The third-order valence-corrected chi connectivity index (χ3v) is 5.10. The van der Waals surface area contributed by atoms with E-state index in [0.717, 1.165) is 24.1 Å². The van der Waals surface area contributed by atoms with Crippen molar-refractivity contribution in [1.29, 1.82) is 0 Å². The van der Waals surface area contributed by atoms with E-state index >= 15 is 0 Å². The highest BCUT2D eigenvalue weighted by Gasteiger charge is 2.31. The van der Waals surface area contributed by atoms with Crippen LogP contribution >= 0.6 is 0 Å². The lowest BCUT2D eigenvalue weighted by atomic mass is 9.90. The molecule has 3 atom stereocenters. The second kappa shape index (κ2) is 6.83. The summed E-state index contributed by atoms with van der Waals surface area (Å²) < 4.78 is 5.97. The number of hydrogen-bond donors (Lipinski definition) is 1. The van der Waals surface area contributed by atoms with Gasteiger partial charge in [0, 0.05) is 6.04 Å². The van der Waals surface area contributed by atoms with Crippen molar-refractivity contribution in [3.8, 4) is 5.75 Å². The highest BCUT2D eigenvalue weighted by atomic mass is 16.5. The Balaban J connectivity index is 1.73. The molecule has 3 unspecified atom stereocenters. The fraction of sp³-hybridized carbons (Fsp3) is 0.684. The molecule has 21 heavy (non-hydrogen) atoms. The molecule has 0 bridgehead atoms. The van der Waals surface area contributed by atoms with Gasteiger partial charge in [-0.2, -0.15) is 0 Å². The van der Waals surface area contributed by atoms with Gasteiger partial charge in [0.05, 0.1) is 6.10 Å². The fourth-order valence-corrected chi connectivity index (χ4v) is 3.72. The van der Waals surface area contributed by atoms with Gasteiger partial charge in [-0.1, -0.05) is 38.8 Å². The molecule has 116 valence electrons. The largest absolute Gasteiger partial charge is 0.490 e. The van der Waals surface area contributed by atoms with Crippen molar-refractivity contribution in [3.05, 3.63) is 29.8 Å². The predicted octanol–water partition coefficient (Wildman–Crippen LogP) is 4.70. The van der Waals surface area contributed by atoms with Gasteiger partial charge in [0.1, 0.15) is 5.75 Å². The second-order valence-electron chi connectivity index (χ2n) is 6.77. The number of nitrogens with one attached hydrogen (secondary N) is 1. The Morgan fingerprint density at radius 3 is 2.71 bits per heavy atom. The Kier molecular flexibility index (Phi) is 4.84. The topological polar surface area (TPSA) is 21.3 Å². The van der Waals surface area contributed by atoms with Gasteiger partial charge < -0.3 is 10.1 Å². The molecule has 2 aliphatic rings. The smallest absolute Gasteiger partial charge is 0.120 e. The quantitative estimate of drug-likeness (QED) is 0.784. The molecule has 0 amide bonds. The summed E-state index contributed by atoms with van der Waals surface area (Å²) >= 11 is 0. The Morgan fingerprint density at radius 2 is 2.05 bits per heavy atom. The van der Waals surface area contributed by atoms with Gasteiger partial charge in [-0.05, 0) is 61.8 Å². The van der Waals surface area contributed by atoms with Gasteiger partial charge in [0.2, 0.25) is 0 Å². The Labute approximate surface area is 129 Å². The number of rotatable bonds is 7. The standard InChI is InChI=1S/C19H29NO/c1-3-14-8-9-16(12-14)19(20-4-2)15-6-5-7-18(13-15)21-17-10-11-17/h5-7,13-14,16-17,19-20H,3-4,8-12H2,1-2H3. The first kappa shape index (κ1) is 14.9. The van der Waals surface area contributed by atoms with Crippen LogP contribution in [0.4, 0.5) is 0 Å². The van der Waals surface area contributed by atoms with Crippen LogP contribution in [0.3, 0.4) is 0 Å². The average Bonchev–Trinajstić information content (AvgIpc) is 3.18. The third kappa shape index (κ3) is 3.79. The summed E-state index contributed by atoms with van der Waals surface area (Å²) in [5.74, 6) is 2.77. The average molecular weight is 287 g/mol. The monoisotopic (exact) mass is 287 g/mol. The lowest BCUT2D eigenvalue weighted by Gasteiger charge is -2.25. The summed E-state index contributed by atoms with van der Waals surface area (Å²) in [5.41, 5.74) is 1.41. The molecule has 0 saturated heterocycles. The molecule has 0 aliphatic heterocycles. The van der Waals surface area contributed by atoms with E-state index in [-0.39, 0.29) is 0 Å². The van der Waals surface area contributed by atoms with Crippen molar-refractivity contribution in [1.82, 2.24) is 5.32 Å². The van der Waals surface area contributed by atoms with E-state index in [9.17, 15) is 0 Å². The first-order valence-corrected chi connectivity index (χ1v) is 8.80. The van der Waals surface area contributed by atoms with Crippen LogP contribution in [0, 0.1) is 11.8 Å². The number of hydrogen-bond acceptors (Lipinski definition) is 2. The van der Waals surface area contributed by atoms with Crippen molar-refractivity contribution < 1.29 is 4.74 Å². The lowest BCUT2D eigenvalue weighted by Crippen LogP contribution is -2.27. The molecule has 2 fully saturated rings. The maximum Gasteiger partial charge on any atom is 0.120 e.